The Kier molecular flexibility index (Phi) is 5.00. The van der Waals surface area contributed by atoms with Gasteiger partial charge in [-0.15, -0.1) is 0 Å². The van der Waals surface area contributed by atoms with Gasteiger partial charge in [-0.05, 0) is 23.6 Å². The van der Waals surface area contributed by atoms with Gasteiger partial charge in [0.25, 0.3) is 5.56 Å². The van der Waals surface area contributed by atoms with E-state index in [0.717, 1.165) is 31.9 Å². The molecule has 2 N–H and O–H groups in total. The maximum absolute atomic E-state index is 13.1. The number of anilines is 2. The molecule has 4 aromatic rings. The Morgan fingerprint density at radius 2 is 1.52 bits per heavy atom. The first-order valence-electron chi connectivity index (χ1n) is 10.7. The van der Waals surface area contributed by atoms with Crippen LogP contribution in [0.15, 0.2) is 77.6 Å². The summed E-state index contributed by atoms with van der Waals surface area (Å²) < 4.78 is 3.40. The molecule has 6 nitrogen and oxygen atoms in total. The fourth-order valence-corrected chi connectivity index (χ4v) is 4.54. The predicted octanol–water partition coefficient (Wildman–Crippen LogP) is 3.23. The molecule has 0 radical (unpaired) electrons. The van der Waals surface area contributed by atoms with Crippen molar-refractivity contribution in [2.24, 2.45) is 7.05 Å². The van der Waals surface area contributed by atoms with Gasteiger partial charge in [0, 0.05) is 50.8 Å². The Balaban J connectivity index is 1.34. The summed E-state index contributed by atoms with van der Waals surface area (Å²) in [6.45, 7) is 4.20. The first kappa shape index (κ1) is 19.5. The molecule has 31 heavy (non-hydrogen) atoms. The second kappa shape index (κ2) is 7.96. The lowest BCUT2D eigenvalue weighted by Crippen LogP contribution is -2.46. The Morgan fingerprint density at radius 3 is 2.29 bits per heavy atom. The van der Waals surface area contributed by atoms with Crippen LogP contribution >= 0.6 is 0 Å². The van der Waals surface area contributed by atoms with Gasteiger partial charge in [0.15, 0.2) is 0 Å². The van der Waals surface area contributed by atoms with E-state index in [4.69, 9.17) is 5.73 Å². The molecule has 1 saturated heterocycles. The normalized spacial score (nSPS) is 14.9. The molecule has 0 unspecified atom stereocenters. The van der Waals surface area contributed by atoms with E-state index in [1.54, 1.807) is 9.36 Å². The first-order valence-corrected chi connectivity index (χ1v) is 10.7. The van der Waals surface area contributed by atoms with Crippen LogP contribution in [0.4, 0.5) is 11.5 Å². The molecule has 0 spiro atoms. The van der Waals surface area contributed by atoms with Gasteiger partial charge in [-0.2, -0.15) is 0 Å². The Hall–Kier alpha value is -3.51. The fourth-order valence-electron chi connectivity index (χ4n) is 4.54. The highest BCUT2D eigenvalue weighted by Gasteiger charge is 2.23. The lowest BCUT2D eigenvalue weighted by Gasteiger charge is -2.36. The number of para-hydroxylation sites is 1. The fraction of sp³-hybridized carbons (Fsp3) is 0.240. The zero-order valence-electron chi connectivity index (χ0n) is 17.7. The highest BCUT2D eigenvalue weighted by Crippen LogP contribution is 2.27. The predicted molar refractivity (Wildman–Crippen MR) is 127 cm³/mol. The topological polar surface area (TPSA) is 59.4 Å². The van der Waals surface area contributed by atoms with Crippen molar-refractivity contribution < 1.29 is 0 Å². The summed E-state index contributed by atoms with van der Waals surface area (Å²) in [7, 11) is 1.84. The van der Waals surface area contributed by atoms with Crippen LogP contribution in [0.25, 0.3) is 16.5 Å². The van der Waals surface area contributed by atoms with Crippen LogP contribution in [0.5, 0.6) is 0 Å². The molecule has 1 aliphatic rings. The minimum atomic E-state index is -0.0392. The molecule has 2 heterocycles. The third kappa shape index (κ3) is 3.49. The molecule has 0 atom stereocenters. The van der Waals surface area contributed by atoms with Crippen LogP contribution in [-0.4, -0.2) is 40.4 Å². The average Bonchev–Trinajstić information content (AvgIpc) is 3.03. The van der Waals surface area contributed by atoms with Crippen molar-refractivity contribution >= 4 is 22.3 Å². The zero-order chi connectivity index (χ0) is 21.4. The van der Waals surface area contributed by atoms with Gasteiger partial charge in [0.1, 0.15) is 5.82 Å². The highest BCUT2D eigenvalue weighted by atomic mass is 16.1. The molecular formula is C25H27N5O. The van der Waals surface area contributed by atoms with Gasteiger partial charge in [0.05, 0.1) is 11.3 Å². The third-order valence-corrected chi connectivity index (χ3v) is 6.27. The smallest absolute Gasteiger partial charge is 0.278 e. The monoisotopic (exact) mass is 413 g/mol. The molecule has 0 aliphatic carbocycles. The van der Waals surface area contributed by atoms with E-state index in [1.165, 1.54) is 16.5 Å². The summed E-state index contributed by atoms with van der Waals surface area (Å²) in [4.78, 5) is 17.9. The molecule has 1 aromatic heterocycles. The van der Waals surface area contributed by atoms with E-state index in [0.29, 0.717) is 17.9 Å². The van der Waals surface area contributed by atoms with Crippen LogP contribution in [0.3, 0.4) is 0 Å². The molecule has 5 rings (SSSR count). The summed E-state index contributed by atoms with van der Waals surface area (Å²) >= 11 is 0. The maximum atomic E-state index is 13.1. The van der Waals surface area contributed by atoms with Gasteiger partial charge in [0.2, 0.25) is 0 Å². The molecular weight excluding hydrogens is 386 g/mol. The van der Waals surface area contributed by atoms with Crippen LogP contribution in [0.1, 0.15) is 5.56 Å². The Labute approximate surface area is 181 Å². The molecule has 0 saturated carbocycles. The van der Waals surface area contributed by atoms with Crippen molar-refractivity contribution in [1.82, 2.24) is 14.3 Å². The van der Waals surface area contributed by atoms with E-state index < -0.39 is 0 Å². The summed E-state index contributed by atoms with van der Waals surface area (Å²) in [5.74, 6) is 0.533. The summed E-state index contributed by atoms with van der Waals surface area (Å²) in [5.41, 5.74) is 9.08. The van der Waals surface area contributed by atoms with Gasteiger partial charge >= 0.3 is 0 Å². The van der Waals surface area contributed by atoms with Gasteiger partial charge in [-0.25, -0.2) is 4.68 Å². The molecule has 6 heteroatoms. The molecule has 1 aliphatic heterocycles. The Bertz CT molecular complexity index is 1260. The maximum Gasteiger partial charge on any atom is 0.278 e. The van der Waals surface area contributed by atoms with E-state index in [9.17, 15) is 4.79 Å². The van der Waals surface area contributed by atoms with E-state index >= 15 is 0 Å². The number of aromatic nitrogens is 2. The Morgan fingerprint density at radius 1 is 0.839 bits per heavy atom. The largest absolute Gasteiger partial charge is 0.384 e. The average molecular weight is 414 g/mol. The SMILES string of the molecule is Cn1c(N)c(CN2CCN(c3cccc4ccccc34)CC2)c(=O)n1-c1ccccc1. The number of fused-ring (bicyclic) bond motifs is 1. The zero-order valence-corrected chi connectivity index (χ0v) is 17.7. The quantitative estimate of drug-likeness (QED) is 0.558. The number of hydrogen-bond acceptors (Lipinski definition) is 4. The van der Waals surface area contributed by atoms with Crippen LogP contribution in [-0.2, 0) is 13.6 Å². The first-order chi connectivity index (χ1) is 15.1. The number of nitrogens with two attached hydrogens (primary N) is 1. The molecule has 158 valence electrons. The van der Waals surface area contributed by atoms with Crippen molar-refractivity contribution in [3.63, 3.8) is 0 Å². The van der Waals surface area contributed by atoms with E-state index in [2.05, 4.69) is 52.3 Å². The van der Waals surface area contributed by atoms with Crippen molar-refractivity contribution in [1.29, 1.82) is 0 Å². The number of piperazine rings is 1. The minimum absolute atomic E-state index is 0.0392. The molecule has 3 aromatic carbocycles. The standard InChI is InChI=1S/C25H27N5O/c1-27-24(26)22(25(31)30(27)20-10-3-2-4-11-20)18-28-14-16-29(17-15-28)23-13-7-9-19-8-5-6-12-21(19)23/h2-13H,14-18,26H2,1H3. The minimum Gasteiger partial charge on any atom is -0.384 e. The lowest BCUT2D eigenvalue weighted by atomic mass is 10.1. The number of rotatable bonds is 4. The number of nitrogens with zero attached hydrogens (tertiary/aromatic N) is 4. The van der Waals surface area contributed by atoms with Crippen molar-refractivity contribution in [2.75, 3.05) is 36.8 Å². The highest BCUT2D eigenvalue weighted by molar-refractivity contribution is 5.94. The second-order valence-corrected chi connectivity index (χ2v) is 8.10. The lowest BCUT2D eigenvalue weighted by molar-refractivity contribution is 0.250. The van der Waals surface area contributed by atoms with Crippen LogP contribution < -0.4 is 16.2 Å². The number of nitrogen functional groups attached to an aromatic ring is 1. The summed E-state index contributed by atoms with van der Waals surface area (Å²) in [5, 5.41) is 2.55. The second-order valence-electron chi connectivity index (χ2n) is 8.10. The third-order valence-electron chi connectivity index (χ3n) is 6.27. The van der Waals surface area contributed by atoms with Gasteiger partial charge in [-0.1, -0.05) is 54.6 Å². The number of benzene rings is 3. The number of hydrogen-bond donors (Lipinski definition) is 1. The van der Waals surface area contributed by atoms with Gasteiger partial charge < -0.3 is 10.6 Å². The van der Waals surface area contributed by atoms with E-state index in [-0.39, 0.29) is 5.56 Å². The van der Waals surface area contributed by atoms with Gasteiger partial charge in [-0.3, -0.25) is 14.4 Å². The van der Waals surface area contributed by atoms with Crippen molar-refractivity contribution in [3.8, 4) is 5.69 Å². The molecule has 1 fully saturated rings. The summed E-state index contributed by atoms with van der Waals surface area (Å²) in [6, 6.07) is 24.7. The molecule has 0 amide bonds. The summed E-state index contributed by atoms with van der Waals surface area (Å²) in [6.07, 6.45) is 0. The van der Waals surface area contributed by atoms with Crippen molar-refractivity contribution in [2.45, 2.75) is 6.54 Å². The van der Waals surface area contributed by atoms with E-state index in [1.807, 2.05) is 37.4 Å². The van der Waals surface area contributed by atoms with Crippen molar-refractivity contribution in [3.05, 3.63) is 88.7 Å². The van der Waals surface area contributed by atoms with Crippen LogP contribution in [0.2, 0.25) is 0 Å². The van der Waals surface area contributed by atoms with Crippen LogP contribution in [0, 0.1) is 0 Å². The molecule has 0 bridgehead atoms.